The summed E-state index contributed by atoms with van der Waals surface area (Å²) in [6.45, 7) is 0. The van der Waals surface area contributed by atoms with Crippen molar-refractivity contribution < 1.29 is 9.15 Å². The molecule has 0 spiro atoms. The van der Waals surface area contributed by atoms with E-state index in [9.17, 15) is 0 Å². The summed E-state index contributed by atoms with van der Waals surface area (Å²) in [6, 6.07) is 15.4. The molecule has 0 N–H and O–H groups in total. The first-order valence-electron chi connectivity index (χ1n) is 6.60. The van der Waals surface area contributed by atoms with Crippen molar-refractivity contribution in [3.8, 4) is 17.2 Å². The fraction of sp³-hybridized carbons (Fsp3) is 0.125. The number of methoxy groups -OCH3 is 1. The topological polar surface area (TPSA) is 48.2 Å². The number of ether oxygens (including phenoxy) is 1. The maximum Gasteiger partial charge on any atom is 0.277 e. The fourth-order valence-electron chi connectivity index (χ4n) is 1.94. The Balaban J connectivity index is 1.78. The lowest BCUT2D eigenvalue weighted by Gasteiger charge is -2.04. The Bertz CT molecular complexity index is 762. The Labute approximate surface area is 137 Å². The Morgan fingerprint density at radius 1 is 1.14 bits per heavy atom. The molecule has 0 aliphatic carbocycles. The maximum absolute atomic E-state index is 6.02. The Morgan fingerprint density at radius 2 is 1.95 bits per heavy atom. The first kappa shape index (κ1) is 14.9. The molecule has 112 valence electrons. The van der Waals surface area contributed by atoms with Crippen LogP contribution in [-0.2, 0) is 5.75 Å². The lowest BCUT2D eigenvalue weighted by Crippen LogP contribution is -1.87. The van der Waals surface area contributed by atoms with Crippen molar-refractivity contribution in [1.29, 1.82) is 0 Å². The molecule has 1 aromatic heterocycles. The van der Waals surface area contributed by atoms with Crippen molar-refractivity contribution in [3.05, 3.63) is 59.1 Å². The van der Waals surface area contributed by atoms with Crippen LogP contribution < -0.4 is 4.74 Å². The van der Waals surface area contributed by atoms with Gasteiger partial charge in [0.05, 0.1) is 12.7 Å². The van der Waals surface area contributed by atoms with Crippen LogP contribution in [0.2, 0.25) is 5.02 Å². The minimum absolute atomic E-state index is 0.398. The molecule has 0 saturated carbocycles. The molecule has 22 heavy (non-hydrogen) atoms. The molecule has 0 radical (unpaired) electrons. The van der Waals surface area contributed by atoms with E-state index in [0.29, 0.717) is 27.4 Å². The van der Waals surface area contributed by atoms with Crippen LogP contribution >= 0.6 is 23.4 Å². The number of halogens is 1. The molecule has 0 saturated heterocycles. The normalized spacial score (nSPS) is 10.6. The first-order valence-corrected chi connectivity index (χ1v) is 7.97. The molecule has 1 heterocycles. The number of rotatable bonds is 5. The summed E-state index contributed by atoms with van der Waals surface area (Å²) in [5.41, 5.74) is 1.89. The highest BCUT2D eigenvalue weighted by atomic mass is 35.5. The molecule has 6 heteroatoms. The molecule has 4 nitrogen and oxygen atoms in total. The summed E-state index contributed by atoms with van der Waals surface area (Å²) in [5.74, 6) is 1.82. The van der Waals surface area contributed by atoms with Crippen LogP contribution in [0.15, 0.2) is 58.2 Å². The van der Waals surface area contributed by atoms with E-state index in [-0.39, 0.29) is 0 Å². The van der Waals surface area contributed by atoms with Gasteiger partial charge in [0.1, 0.15) is 5.75 Å². The highest BCUT2D eigenvalue weighted by Crippen LogP contribution is 2.33. The van der Waals surface area contributed by atoms with Gasteiger partial charge in [-0.25, -0.2) is 0 Å². The van der Waals surface area contributed by atoms with Gasteiger partial charge in [0.15, 0.2) is 0 Å². The van der Waals surface area contributed by atoms with E-state index in [4.69, 9.17) is 20.8 Å². The number of thioether (sulfide) groups is 1. The second-order valence-electron chi connectivity index (χ2n) is 4.49. The summed E-state index contributed by atoms with van der Waals surface area (Å²) in [7, 11) is 1.59. The van der Waals surface area contributed by atoms with Crippen molar-refractivity contribution in [1.82, 2.24) is 10.2 Å². The third kappa shape index (κ3) is 3.43. The lowest BCUT2D eigenvalue weighted by atomic mass is 10.2. The van der Waals surface area contributed by atoms with Crippen LogP contribution in [0.1, 0.15) is 5.56 Å². The lowest BCUT2D eigenvalue weighted by molar-refractivity contribution is 0.411. The zero-order valence-electron chi connectivity index (χ0n) is 11.8. The number of hydrogen-bond acceptors (Lipinski definition) is 5. The van der Waals surface area contributed by atoms with Gasteiger partial charge in [0.2, 0.25) is 0 Å². The monoisotopic (exact) mass is 332 g/mol. The molecule has 3 aromatic rings. The Kier molecular flexibility index (Phi) is 4.65. The maximum atomic E-state index is 6.02. The van der Waals surface area contributed by atoms with E-state index in [1.165, 1.54) is 17.3 Å². The van der Waals surface area contributed by atoms with Crippen LogP contribution in [0.5, 0.6) is 5.75 Å². The summed E-state index contributed by atoms with van der Waals surface area (Å²) in [4.78, 5) is 0. The third-order valence-electron chi connectivity index (χ3n) is 3.00. The van der Waals surface area contributed by atoms with Crippen molar-refractivity contribution in [2.45, 2.75) is 11.0 Å². The van der Waals surface area contributed by atoms with Gasteiger partial charge in [-0.15, -0.1) is 10.2 Å². The summed E-state index contributed by atoms with van der Waals surface area (Å²) in [6.07, 6.45) is 0. The molecule has 0 aliphatic heterocycles. The molecule has 0 aliphatic rings. The summed E-state index contributed by atoms with van der Waals surface area (Å²) < 4.78 is 11.0. The summed E-state index contributed by atoms with van der Waals surface area (Å²) in [5, 5.41) is 9.24. The first-order chi connectivity index (χ1) is 10.8. The van der Waals surface area contributed by atoms with Crippen LogP contribution in [0, 0.1) is 0 Å². The zero-order chi connectivity index (χ0) is 15.4. The minimum atomic E-state index is 0.398. The average molecular weight is 333 g/mol. The summed E-state index contributed by atoms with van der Waals surface area (Å²) >= 11 is 7.51. The van der Waals surface area contributed by atoms with Gasteiger partial charge in [-0.05, 0) is 23.8 Å². The predicted molar refractivity (Wildman–Crippen MR) is 87.3 cm³/mol. The molecular formula is C16H13ClN2O2S. The van der Waals surface area contributed by atoms with E-state index < -0.39 is 0 Å². The van der Waals surface area contributed by atoms with Gasteiger partial charge in [0, 0.05) is 10.8 Å². The molecule has 0 amide bonds. The quantitative estimate of drug-likeness (QED) is 0.634. The van der Waals surface area contributed by atoms with E-state index >= 15 is 0 Å². The smallest absolute Gasteiger partial charge is 0.277 e. The molecule has 2 aromatic carbocycles. The van der Waals surface area contributed by atoms with Crippen LogP contribution in [-0.4, -0.2) is 17.3 Å². The standard InChI is InChI=1S/C16H13ClN2O2S/c1-20-14-8-7-12(17)9-13(14)15-18-19-16(21-15)22-10-11-5-3-2-4-6-11/h2-9H,10H2,1H3. The van der Waals surface area contributed by atoms with Gasteiger partial charge in [0.25, 0.3) is 11.1 Å². The zero-order valence-corrected chi connectivity index (χ0v) is 13.4. The van der Waals surface area contributed by atoms with E-state index in [2.05, 4.69) is 22.3 Å². The third-order valence-corrected chi connectivity index (χ3v) is 4.13. The molecule has 0 fully saturated rings. The highest BCUT2D eigenvalue weighted by molar-refractivity contribution is 7.98. The van der Waals surface area contributed by atoms with Crippen LogP contribution in [0.25, 0.3) is 11.5 Å². The largest absolute Gasteiger partial charge is 0.496 e. The average Bonchev–Trinajstić information content (AvgIpc) is 3.03. The number of nitrogens with zero attached hydrogens (tertiary/aromatic N) is 2. The van der Waals surface area contributed by atoms with Gasteiger partial charge < -0.3 is 9.15 Å². The van der Waals surface area contributed by atoms with E-state index in [1.807, 2.05) is 18.2 Å². The van der Waals surface area contributed by atoms with Crippen molar-refractivity contribution in [3.63, 3.8) is 0 Å². The SMILES string of the molecule is COc1ccc(Cl)cc1-c1nnc(SCc2ccccc2)o1. The molecular weight excluding hydrogens is 320 g/mol. The van der Waals surface area contributed by atoms with Gasteiger partial charge in [-0.3, -0.25) is 0 Å². The van der Waals surface area contributed by atoms with Crippen molar-refractivity contribution in [2.24, 2.45) is 0 Å². The van der Waals surface area contributed by atoms with Gasteiger partial charge >= 0.3 is 0 Å². The minimum Gasteiger partial charge on any atom is -0.496 e. The number of aromatic nitrogens is 2. The van der Waals surface area contributed by atoms with Gasteiger partial charge in [-0.2, -0.15) is 0 Å². The van der Waals surface area contributed by atoms with Crippen molar-refractivity contribution >= 4 is 23.4 Å². The molecule has 3 rings (SSSR count). The fourth-order valence-corrected chi connectivity index (χ4v) is 2.83. The number of hydrogen-bond donors (Lipinski definition) is 0. The van der Waals surface area contributed by atoms with Crippen LogP contribution in [0.4, 0.5) is 0 Å². The van der Waals surface area contributed by atoms with E-state index in [1.54, 1.807) is 25.3 Å². The predicted octanol–water partition coefficient (Wildman–Crippen LogP) is 4.69. The van der Waals surface area contributed by atoms with E-state index in [0.717, 1.165) is 5.75 Å². The Morgan fingerprint density at radius 3 is 2.73 bits per heavy atom. The Hall–Kier alpha value is -1.98. The van der Waals surface area contributed by atoms with Crippen LogP contribution in [0.3, 0.4) is 0 Å². The second-order valence-corrected chi connectivity index (χ2v) is 5.86. The van der Waals surface area contributed by atoms with Gasteiger partial charge in [-0.1, -0.05) is 53.7 Å². The second kappa shape index (κ2) is 6.85. The molecule has 0 atom stereocenters. The highest BCUT2D eigenvalue weighted by Gasteiger charge is 2.14. The van der Waals surface area contributed by atoms with Crippen molar-refractivity contribution in [2.75, 3.05) is 7.11 Å². The molecule has 0 unspecified atom stereocenters. The number of benzene rings is 2. The molecule has 0 bridgehead atoms.